The minimum Gasteiger partial charge on any atom is -0.485 e. The van der Waals surface area contributed by atoms with E-state index in [4.69, 9.17) is 16.3 Å². The summed E-state index contributed by atoms with van der Waals surface area (Å²) in [6.07, 6.45) is 2.54. The summed E-state index contributed by atoms with van der Waals surface area (Å²) in [4.78, 5) is 21.1. The van der Waals surface area contributed by atoms with Gasteiger partial charge >= 0.3 is 0 Å². The van der Waals surface area contributed by atoms with Gasteiger partial charge in [-0.3, -0.25) is 19.3 Å². The van der Waals surface area contributed by atoms with E-state index < -0.39 is 17.2 Å². The Kier molecular flexibility index (Phi) is 6.95. The number of halogens is 4. The zero-order valence-electron chi connectivity index (χ0n) is 16.9. The van der Waals surface area contributed by atoms with Gasteiger partial charge in [-0.05, 0) is 25.5 Å². The number of hydrogen-bond donors (Lipinski definition) is 0. The zero-order chi connectivity index (χ0) is 22.9. The van der Waals surface area contributed by atoms with Crippen molar-refractivity contribution in [3.63, 3.8) is 0 Å². The Morgan fingerprint density at radius 1 is 1.26 bits per heavy atom. The quantitative estimate of drug-likeness (QED) is 0.315. The highest BCUT2D eigenvalue weighted by molar-refractivity contribution is 14.1. The van der Waals surface area contributed by atoms with Crippen LogP contribution in [0, 0.1) is 25.5 Å². The largest absolute Gasteiger partial charge is 0.485 e. The summed E-state index contributed by atoms with van der Waals surface area (Å²) < 4.78 is 35.6. The summed E-state index contributed by atoms with van der Waals surface area (Å²) >= 11 is 8.36. The molecule has 0 unspecified atom stereocenters. The molecule has 0 atom stereocenters. The van der Waals surface area contributed by atoms with Crippen LogP contribution in [-0.2, 0) is 6.61 Å². The molecule has 0 bridgehead atoms. The summed E-state index contributed by atoms with van der Waals surface area (Å²) in [5, 5.41) is -0.171. The highest BCUT2D eigenvalue weighted by Gasteiger charge is 2.17. The number of rotatable bonds is 6. The van der Waals surface area contributed by atoms with Gasteiger partial charge in [0.05, 0.1) is 46.1 Å². The van der Waals surface area contributed by atoms with Crippen LogP contribution < -0.4 is 10.3 Å². The number of nitrogens with zero attached hydrogens (tertiary/aromatic N) is 4. The van der Waals surface area contributed by atoms with Crippen molar-refractivity contribution in [1.29, 1.82) is 0 Å². The Balaban J connectivity index is 2.00. The van der Waals surface area contributed by atoms with Gasteiger partial charge < -0.3 is 7.85 Å². The zero-order valence-corrected chi connectivity index (χ0v) is 19.8. The van der Waals surface area contributed by atoms with Crippen LogP contribution in [0.5, 0.6) is 5.75 Å². The first-order valence-electron chi connectivity index (χ1n) is 9.00. The van der Waals surface area contributed by atoms with Crippen LogP contribution in [0.4, 0.5) is 8.78 Å². The van der Waals surface area contributed by atoms with E-state index >= 15 is 0 Å². The molecule has 31 heavy (non-hydrogen) atoms. The van der Waals surface area contributed by atoms with Crippen molar-refractivity contribution >= 4 is 40.2 Å². The van der Waals surface area contributed by atoms with E-state index in [1.54, 1.807) is 28.4 Å². The predicted molar refractivity (Wildman–Crippen MR) is 124 cm³/mol. The second-order valence-corrected chi connectivity index (χ2v) is 8.58. The topological polar surface area (TPSA) is 60.3 Å². The van der Waals surface area contributed by atoms with Crippen LogP contribution in [-0.4, -0.2) is 24.7 Å². The molecule has 0 fully saturated rings. The van der Waals surface area contributed by atoms with Crippen molar-refractivity contribution in [2.24, 2.45) is 0 Å². The first-order valence-corrected chi connectivity index (χ1v) is 10.3. The number of aromatic nitrogens is 3. The van der Waals surface area contributed by atoms with Gasteiger partial charge in [0.1, 0.15) is 28.9 Å². The fourth-order valence-corrected chi connectivity index (χ4v) is 3.29. The minimum absolute atomic E-state index is 0.0780. The Morgan fingerprint density at radius 2 is 1.97 bits per heavy atom. The molecule has 3 rings (SSSR count). The van der Waals surface area contributed by atoms with Crippen molar-refractivity contribution < 1.29 is 13.5 Å². The third kappa shape index (κ3) is 4.87. The van der Waals surface area contributed by atoms with Gasteiger partial charge in [0, 0.05) is 31.1 Å². The SMILES string of the molecule is C=C(c1cc(-n2c(C)cc(OCc3ncc(F)cc3F)c(Cl)c2=O)c(C)cn1)N(C)I. The highest BCUT2D eigenvalue weighted by atomic mass is 127. The maximum Gasteiger partial charge on any atom is 0.277 e. The van der Waals surface area contributed by atoms with Crippen molar-refractivity contribution in [3.8, 4) is 11.4 Å². The van der Waals surface area contributed by atoms with E-state index in [1.165, 1.54) is 4.57 Å². The summed E-state index contributed by atoms with van der Waals surface area (Å²) in [5.74, 6) is -1.56. The maximum absolute atomic E-state index is 13.8. The summed E-state index contributed by atoms with van der Waals surface area (Å²) in [7, 11) is 1.84. The van der Waals surface area contributed by atoms with Gasteiger partial charge in [-0.25, -0.2) is 8.78 Å². The molecule has 3 heterocycles. The number of ether oxygens (including phenoxy) is 1. The van der Waals surface area contributed by atoms with Crippen molar-refractivity contribution in [1.82, 2.24) is 17.6 Å². The van der Waals surface area contributed by atoms with Crippen LogP contribution in [0.15, 0.2) is 42.0 Å². The monoisotopic (exact) mass is 558 g/mol. The number of aryl methyl sites for hydroxylation is 2. The molecule has 0 amide bonds. The molecule has 0 spiro atoms. The lowest BCUT2D eigenvalue weighted by Crippen LogP contribution is -2.23. The van der Waals surface area contributed by atoms with Crippen molar-refractivity contribution in [2.45, 2.75) is 20.5 Å². The molecule has 0 aliphatic carbocycles. The van der Waals surface area contributed by atoms with E-state index in [9.17, 15) is 13.6 Å². The molecule has 6 nitrogen and oxygen atoms in total. The molecule has 0 aromatic carbocycles. The van der Waals surface area contributed by atoms with Crippen LogP contribution in [0.3, 0.4) is 0 Å². The van der Waals surface area contributed by atoms with Gasteiger partial charge in [0.15, 0.2) is 5.82 Å². The smallest absolute Gasteiger partial charge is 0.277 e. The Hall–Kier alpha value is -2.53. The van der Waals surface area contributed by atoms with Crippen molar-refractivity contribution in [2.75, 3.05) is 7.05 Å². The molecule has 0 saturated carbocycles. The molecule has 0 saturated heterocycles. The number of pyridine rings is 3. The third-order valence-corrected chi connectivity index (χ3v) is 5.46. The van der Waals surface area contributed by atoms with Gasteiger partial charge in [0.25, 0.3) is 5.56 Å². The second kappa shape index (κ2) is 9.31. The van der Waals surface area contributed by atoms with Crippen LogP contribution in [0.25, 0.3) is 11.4 Å². The molecule has 0 radical (unpaired) electrons. The molecule has 0 aliphatic heterocycles. The Bertz CT molecular complexity index is 1230. The molecule has 0 aliphatic rings. The summed E-state index contributed by atoms with van der Waals surface area (Å²) in [6, 6.07) is 4.04. The molecule has 0 N–H and O–H groups in total. The normalized spacial score (nSPS) is 10.8. The molecule has 3 aromatic rings. The summed E-state index contributed by atoms with van der Waals surface area (Å²) in [5.41, 5.74) is 2.59. The summed E-state index contributed by atoms with van der Waals surface area (Å²) in [6.45, 7) is 7.23. The lowest BCUT2D eigenvalue weighted by Gasteiger charge is -2.18. The molecule has 162 valence electrons. The van der Waals surface area contributed by atoms with Gasteiger partial charge in [-0.2, -0.15) is 0 Å². The van der Waals surface area contributed by atoms with E-state index in [1.807, 2.05) is 14.0 Å². The molecule has 10 heteroatoms. The molecule has 3 aromatic heterocycles. The van der Waals surface area contributed by atoms with Gasteiger partial charge in [-0.1, -0.05) is 18.2 Å². The fraction of sp³-hybridized carbons (Fsp3) is 0.190. The van der Waals surface area contributed by atoms with Gasteiger partial charge in [0.2, 0.25) is 0 Å². The van der Waals surface area contributed by atoms with Crippen molar-refractivity contribution in [3.05, 3.63) is 86.8 Å². The van der Waals surface area contributed by atoms with Gasteiger partial charge in [-0.15, -0.1) is 0 Å². The van der Waals surface area contributed by atoms with Crippen LogP contribution >= 0.6 is 34.5 Å². The minimum atomic E-state index is -0.846. The maximum atomic E-state index is 13.8. The first-order chi connectivity index (χ1) is 14.6. The average Bonchev–Trinajstić information content (AvgIpc) is 2.71. The van der Waals surface area contributed by atoms with Crippen LogP contribution in [0.1, 0.15) is 22.6 Å². The standard InChI is InChI=1S/C21H18ClF2IN4O2/c1-11-8-26-16(13(3)28(4)25)7-18(11)29-12(2)5-19(20(22)21(29)30)31-10-17-15(24)6-14(23)9-27-17/h5-9H,3,10H2,1-2,4H3. The Morgan fingerprint density at radius 3 is 2.61 bits per heavy atom. The second-order valence-electron chi connectivity index (χ2n) is 6.76. The average molecular weight is 559 g/mol. The van der Waals surface area contributed by atoms with E-state index in [-0.39, 0.29) is 23.1 Å². The Labute approximate surface area is 196 Å². The fourth-order valence-electron chi connectivity index (χ4n) is 2.85. The van der Waals surface area contributed by atoms with E-state index in [0.717, 1.165) is 11.8 Å². The van der Waals surface area contributed by atoms with E-state index in [2.05, 4.69) is 39.4 Å². The lowest BCUT2D eigenvalue weighted by atomic mass is 10.2. The molecular formula is C21H18ClF2IN4O2. The highest BCUT2D eigenvalue weighted by Crippen LogP contribution is 2.27. The van der Waals surface area contributed by atoms with E-state index in [0.29, 0.717) is 28.8 Å². The first kappa shape index (κ1) is 23.1. The third-order valence-electron chi connectivity index (χ3n) is 4.53. The molecular weight excluding hydrogens is 541 g/mol. The number of hydrogen-bond acceptors (Lipinski definition) is 5. The predicted octanol–water partition coefficient (Wildman–Crippen LogP) is 5.01. The lowest BCUT2D eigenvalue weighted by molar-refractivity contribution is 0.292. The van der Waals surface area contributed by atoms with Crippen LogP contribution in [0.2, 0.25) is 5.02 Å².